The van der Waals surface area contributed by atoms with Gasteiger partial charge in [0, 0.05) is 55.8 Å². The highest BCUT2D eigenvalue weighted by Gasteiger charge is 2.29. The second-order valence-corrected chi connectivity index (χ2v) is 10.4. The SMILES string of the molecule is CCN1CCc2c(sc3nc(C(C)C)nc(N4CCN(C(=O)Nc5cccc(F)c5)CC4)c23)C1. The summed E-state index contributed by atoms with van der Waals surface area (Å²) in [4.78, 5) is 31.8. The minimum absolute atomic E-state index is 0.200. The summed E-state index contributed by atoms with van der Waals surface area (Å²) in [6, 6.07) is 5.79. The molecule has 0 bridgehead atoms. The fourth-order valence-corrected chi connectivity index (χ4v) is 5.96. The number of nitrogens with zero attached hydrogens (tertiary/aromatic N) is 5. The van der Waals surface area contributed by atoms with Gasteiger partial charge < -0.3 is 15.1 Å². The van der Waals surface area contributed by atoms with E-state index >= 15 is 0 Å². The summed E-state index contributed by atoms with van der Waals surface area (Å²) >= 11 is 1.81. The first kappa shape index (κ1) is 23.0. The summed E-state index contributed by atoms with van der Waals surface area (Å²) in [5.41, 5.74) is 1.87. The van der Waals surface area contributed by atoms with Crippen LogP contribution in [-0.2, 0) is 13.0 Å². The van der Waals surface area contributed by atoms with Crippen LogP contribution in [0, 0.1) is 5.82 Å². The molecule has 9 heteroatoms. The molecule has 2 aliphatic heterocycles. The van der Waals surface area contributed by atoms with Gasteiger partial charge in [0.05, 0.1) is 5.39 Å². The van der Waals surface area contributed by atoms with Crippen LogP contribution in [0.2, 0.25) is 0 Å². The minimum atomic E-state index is -0.363. The number of benzene rings is 1. The van der Waals surface area contributed by atoms with Crippen LogP contribution in [0.5, 0.6) is 0 Å². The lowest BCUT2D eigenvalue weighted by Gasteiger charge is -2.36. The van der Waals surface area contributed by atoms with Crippen LogP contribution in [0.15, 0.2) is 24.3 Å². The Morgan fingerprint density at radius 3 is 2.68 bits per heavy atom. The van der Waals surface area contributed by atoms with E-state index in [1.54, 1.807) is 17.0 Å². The largest absolute Gasteiger partial charge is 0.352 e. The third kappa shape index (κ3) is 4.46. The normalized spacial score (nSPS) is 16.9. The van der Waals surface area contributed by atoms with E-state index in [-0.39, 0.29) is 17.8 Å². The number of likely N-dealkylation sites (N-methyl/N-ethyl adjacent to an activating group) is 1. The number of aromatic nitrogens is 2. The molecule has 34 heavy (non-hydrogen) atoms. The van der Waals surface area contributed by atoms with Gasteiger partial charge in [-0.25, -0.2) is 19.2 Å². The number of amides is 2. The number of carbonyl (C=O) groups excluding carboxylic acids is 1. The number of anilines is 2. The van der Waals surface area contributed by atoms with Crippen molar-refractivity contribution < 1.29 is 9.18 Å². The van der Waals surface area contributed by atoms with Gasteiger partial charge in [-0.1, -0.05) is 26.8 Å². The number of thiophene rings is 1. The molecule has 2 aliphatic rings. The van der Waals surface area contributed by atoms with Gasteiger partial charge in [-0.15, -0.1) is 11.3 Å². The number of rotatable bonds is 4. The number of hydrogen-bond acceptors (Lipinski definition) is 6. The van der Waals surface area contributed by atoms with E-state index in [2.05, 4.69) is 35.9 Å². The molecule has 180 valence electrons. The maximum Gasteiger partial charge on any atom is 0.321 e. The molecule has 0 radical (unpaired) electrons. The van der Waals surface area contributed by atoms with Crippen molar-refractivity contribution in [2.75, 3.05) is 49.5 Å². The first-order valence-corrected chi connectivity index (χ1v) is 12.9. The number of nitrogens with one attached hydrogen (secondary N) is 1. The van der Waals surface area contributed by atoms with Crippen LogP contribution in [0.3, 0.4) is 0 Å². The average Bonchev–Trinajstić information content (AvgIpc) is 3.21. The Morgan fingerprint density at radius 2 is 1.97 bits per heavy atom. The molecule has 2 aromatic heterocycles. The van der Waals surface area contributed by atoms with Crippen LogP contribution < -0.4 is 10.2 Å². The van der Waals surface area contributed by atoms with Gasteiger partial charge >= 0.3 is 6.03 Å². The molecule has 1 saturated heterocycles. The first-order valence-electron chi connectivity index (χ1n) is 12.0. The number of halogens is 1. The molecule has 2 amide bonds. The maximum absolute atomic E-state index is 13.5. The summed E-state index contributed by atoms with van der Waals surface area (Å²) < 4.78 is 13.5. The van der Waals surface area contributed by atoms with Gasteiger partial charge in [0.15, 0.2) is 0 Å². The second-order valence-electron chi connectivity index (χ2n) is 9.28. The van der Waals surface area contributed by atoms with E-state index in [9.17, 15) is 9.18 Å². The summed E-state index contributed by atoms with van der Waals surface area (Å²) in [5.74, 6) is 1.77. The fourth-order valence-electron chi connectivity index (χ4n) is 4.69. The Balaban J connectivity index is 1.38. The van der Waals surface area contributed by atoms with Gasteiger partial charge in [-0.05, 0) is 36.7 Å². The van der Waals surface area contributed by atoms with Gasteiger partial charge in [-0.2, -0.15) is 0 Å². The van der Waals surface area contributed by atoms with Crippen molar-refractivity contribution in [2.24, 2.45) is 0 Å². The Morgan fingerprint density at radius 1 is 1.18 bits per heavy atom. The van der Waals surface area contributed by atoms with Crippen molar-refractivity contribution in [1.29, 1.82) is 0 Å². The zero-order valence-electron chi connectivity index (χ0n) is 20.0. The molecule has 3 aromatic rings. The highest BCUT2D eigenvalue weighted by molar-refractivity contribution is 7.19. The molecular weight excluding hydrogens is 451 g/mol. The number of fused-ring (bicyclic) bond motifs is 3. The maximum atomic E-state index is 13.5. The number of piperazine rings is 1. The highest BCUT2D eigenvalue weighted by atomic mass is 32.1. The Hall–Kier alpha value is -2.78. The van der Waals surface area contributed by atoms with Crippen molar-refractivity contribution in [1.82, 2.24) is 19.8 Å². The molecule has 1 fully saturated rings. The molecule has 4 heterocycles. The lowest BCUT2D eigenvalue weighted by atomic mass is 10.0. The van der Waals surface area contributed by atoms with Gasteiger partial charge in [0.1, 0.15) is 22.3 Å². The molecule has 1 N–H and O–H groups in total. The van der Waals surface area contributed by atoms with Crippen LogP contribution in [0.25, 0.3) is 10.2 Å². The highest BCUT2D eigenvalue weighted by Crippen LogP contribution is 2.39. The predicted octanol–water partition coefficient (Wildman–Crippen LogP) is 4.69. The molecule has 0 unspecified atom stereocenters. The molecule has 0 saturated carbocycles. The van der Waals surface area contributed by atoms with Crippen LogP contribution in [0.4, 0.5) is 20.7 Å². The van der Waals surface area contributed by atoms with Crippen molar-refractivity contribution in [3.05, 3.63) is 46.3 Å². The molecule has 0 aliphatic carbocycles. The third-order valence-corrected chi connectivity index (χ3v) is 7.79. The topological polar surface area (TPSA) is 64.6 Å². The van der Waals surface area contributed by atoms with E-state index < -0.39 is 0 Å². The quantitative estimate of drug-likeness (QED) is 0.585. The van der Waals surface area contributed by atoms with Gasteiger partial charge in [0.2, 0.25) is 0 Å². The van der Waals surface area contributed by atoms with Gasteiger partial charge in [0.25, 0.3) is 0 Å². The Labute approximate surface area is 203 Å². The molecule has 0 spiro atoms. The zero-order chi connectivity index (χ0) is 23.8. The summed E-state index contributed by atoms with van der Waals surface area (Å²) in [7, 11) is 0. The fraction of sp³-hybridized carbons (Fsp3) is 0.480. The number of carbonyl (C=O) groups is 1. The molecule has 0 atom stereocenters. The summed E-state index contributed by atoms with van der Waals surface area (Å²) in [6.07, 6.45) is 1.02. The average molecular weight is 483 g/mol. The van der Waals surface area contributed by atoms with E-state index in [0.717, 1.165) is 42.5 Å². The summed E-state index contributed by atoms with van der Waals surface area (Å²) in [5, 5.41) is 4.01. The molecule has 7 nitrogen and oxygen atoms in total. The minimum Gasteiger partial charge on any atom is -0.352 e. The lowest BCUT2D eigenvalue weighted by Crippen LogP contribution is -2.50. The monoisotopic (exact) mass is 482 g/mol. The number of urea groups is 1. The second kappa shape index (κ2) is 9.46. The molecular formula is C25H31FN6OS. The molecule has 5 rings (SSSR count). The van der Waals surface area contributed by atoms with E-state index in [1.807, 2.05) is 11.3 Å². The third-order valence-electron chi connectivity index (χ3n) is 6.68. The van der Waals surface area contributed by atoms with Crippen LogP contribution in [-0.4, -0.2) is 65.1 Å². The van der Waals surface area contributed by atoms with Gasteiger partial charge in [-0.3, -0.25) is 4.90 Å². The standard InChI is InChI=1S/C25H31FN6OS/c1-4-30-9-8-19-20(15-30)34-24-21(19)23(28-22(29-24)16(2)3)31-10-12-32(13-11-31)25(33)27-18-7-5-6-17(26)14-18/h5-7,14,16H,4,8-13,15H2,1-3H3,(H,27,33). The van der Waals surface area contributed by atoms with E-state index in [4.69, 9.17) is 9.97 Å². The van der Waals surface area contributed by atoms with Crippen molar-refractivity contribution in [3.8, 4) is 0 Å². The number of hydrogen-bond donors (Lipinski definition) is 1. The lowest BCUT2D eigenvalue weighted by molar-refractivity contribution is 0.208. The van der Waals surface area contributed by atoms with Crippen molar-refractivity contribution in [2.45, 2.75) is 39.7 Å². The Kier molecular flexibility index (Phi) is 6.40. The Bertz CT molecular complexity index is 1200. The van der Waals surface area contributed by atoms with Crippen molar-refractivity contribution >= 4 is 39.1 Å². The predicted molar refractivity (Wildman–Crippen MR) is 135 cm³/mol. The summed E-state index contributed by atoms with van der Waals surface area (Å²) in [6.45, 7) is 12.1. The van der Waals surface area contributed by atoms with Crippen LogP contribution in [0.1, 0.15) is 43.0 Å². The van der Waals surface area contributed by atoms with Crippen molar-refractivity contribution in [3.63, 3.8) is 0 Å². The van der Waals surface area contributed by atoms with E-state index in [1.165, 1.54) is 28.0 Å². The van der Waals surface area contributed by atoms with E-state index in [0.29, 0.717) is 31.9 Å². The smallest absolute Gasteiger partial charge is 0.321 e. The van der Waals surface area contributed by atoms with Crippen LogP contribution >= 0.6 is 11.3 Å². The molecule has 1 aromatic carbocycles. The zero-order valence-corrected chi connectivity index (χ0v) is 20.8. The first-order chi connectivity index (χ1) is 16.4.